The molecule has 0 saturated carbocycles. The molecule has 3 fully saturated rings. The number of likely N-dealkylation sites (tertiary alicyclic amines) is 1. The van der Waals surface area contributed by atoms with E-state index >= 15 is 0 Å². The maximum Gasteiger partial charge on any atom is 0.256 e. The van der Waals surface area contributed by atoms with Crippen molar-refractivity contribution in [2.24, 2.45) is 0 Å². The zero-order chi connectivity index (χ0) is 26.2. The van der Waals surface area contributed by atoms with Crippen molar-refractivity contribution in [1.29, 1.82) is 0 Å². The lowest BCUT2D eigenvalue weighted by Crippen LogP contribution is -2.44. The Balaban J connectivity index is 1.38. The van der Waals surface area contributed by atoms with E-state index in [2.05, 4.69) is 25.9 Å². The van der Waals surface area contributed by atoms with E-state index in [1.165, 1.54) is 6.42 Å². The minimum atomic E-state index is -1.32. The van der Waals surface area contributed by atoms with Crippen LogP contribution in [0, 0.1) is 0 Å². The van der Waals surface area contributed by atoms with Gasteiger partial charge in [-0.3, -0.25) is 4.79 Å². The highest BCUT2D eigenvalue weighted by molar-refractivity contribution is 7.85. The van der Waals surface area contributed by atoms with Crippen LogP contribution in [0.3, 0.4) is 0 Å². The van der Waals surface area contributed by atoms with E-state index in [1.807, 2.05) is 15.5 Å². The SMILES string of the molecule is CS(=O)Nc1ccc(Cl)cc1C(=O)N1CCCCC1c1cc2nc(N3CCC3)cc(N3CCNCC3)n2n1. The lowest BCUT2D eigenvalue weighted by atomic mass is 9.98. The second kappa shape index (κ2) is 10.7. The summed E-state index contributed by atoms with van der Waals surface area (Å²) in [7, 11) is -1.32. The summed E-state index contributed by atoms with van der Waals surface area (Å²) in [6.07, 6.45) is 5.48. The average molecular weight is 557 g/mol. The Hall–Kier alpha value is -2.89. The van der Waals surface area contributed by atoms with Crippen molar-refractivity contribution in [3.63, 3.8) is 0 Å². The third-order valence-electron chi connectivity index (χ3n) is 7.61. The van der Waals surface area contributed by atoms with E-state index in [0.29, 0.717) is 22.8 Å². The fourth-order valence-electron chi connectivity index (χ4n) is 5.53. The molecule has 0 bridgehead atoms. The molecular weight excluding hydrogens is 524 g/mol. The minimum Gasteiger partial charge on any atom is -0.356 e. The van der Waals surface area contributed by atoms with Gasteiger partial charge in [-0.2, -0.15) is 9.61 Å². The summed E-state index contributed by atoms with van der Waals surface area (Å²) < 4.78 is 16.8. The molecule has 2 aromatic heterocycles. The number of halogens is 1. The molecule has 2 N–H and O–H groups in total. The fourth-order valence-corrected chi connectivity index (χ4v) is 6.19. The lowest BCUT2D eigenvalue weighted by molar-refractivity contribution is 0.0607. The third kappa shape index (κ3) is 4.94. The first-order valence-electron chi connectivity index (χ1n) is 13.3. The molecule has 0 spiro atoms. The topological polar surface area (TPSA) is 98.1 Å². The largest absolute Gasteiger partial charge is 0.356 e. The number of nitrogens with one attached hydrogen (secondary N) is 2. The molecule has 1 amide bonds. The van der Waals surface area contributed by atoms with Crippen molar-refractivity contribution >= 4 is 51.5 Å². The van der Waals surface area contributed by atoms with Crippen LogP contribution in [0.1, 0.15) is 47.8 Å². The van der Waals surface area contributed by atoms with Gasteiger partial charge >= 0.3 is 0 Å². The zero-order valence-corrected chi connectivity index (χ0v) is 23.1. The number of carbonyl (C=O) groups is 1. The van der Waals surface area contributed by atoms with E-state index in [1.54, 1.807) is 24.5 Å². The van der Waals surface area contributed by atoms with E-state index < -0.39 is 11.0 Å². The predicted molar refractivity (Wildman–Crippen MR) is 152 cm³/mol. The van der Waals surface area contributed by atoms with Crippen LogP contribution in [0.25, 0.3) is 5.65 Å². The highest BCUT2D eigenvalue weighted by atomic mass is 35.5. The molecule has 3 aromatic rings. The van der Waals surface area contributed by atoms with Gasteiger partial charge < -0.3 is 24.7 Å². The summed E-state index contributed by atoms with van der Waals surface area (Å²) in [4.78, 5) is 25.4. The molecule has 38 heavy (non-hydrogen) atoms. The first-order chi connectivity index (χ1) is 18.5. The summed E-state index contributed by atoms with van der Waals surface area (Å²) >= 11 is 6.28. The van der Waals surface area contributed by atoms with Crippen molar-refractivity contribution < 1.29 is 9.00 Å². The van der Waals surface area contributed by atoms with E-state index in [-0.39, 0.29) is 11.9 Å². The molecule has 2 unspecified atom stereocenters. The van der Waals surface area contributed by atoms with Crippen molar-refractivity contribution in [2.75, 3.05) is 66.6 Å². The number of nitrogens with zero attached hydrogens (tertiary/aromatic N) is 6. The van der Waals surface area contributed by atoms with Crippen molar-refractivity contribution in [3.8, 4) is 0 Å². The Kier molecular flexibility index (Phi) is 7.15. The van der Waals surface area contributed by atoms with Gasteiger partial charge in [0.15, 0.2) is 5.65 Å². The van der Waals surface area contributed by atoms with Crippen molar-refractivity contribution in [2.45, 2.75) is 31.7 Å². The summed E-state index contributed by atoms with van der Waals surface area (Å²) in [6.45, 7) is 6.34. The molecule has 5 heterocycles. The number of anilines is 3. The minimum absolute atomic E-state index is 0.140. The van der Waals surface area contributed by atoms with Gasteiger partial charge in [-0.25, -0.2) is 9.19 Å². The maximum atomic E-state index is 13.9. The number of piperazine rings is 1. The van der Waals surface area contributed by atoms with Crippen LogP contribution >= 0.6 is 11.6 Å². The molecule has 6 rings (SSSR count). The Labute approximate surface area is 229 Å². The average Bonchev–Trinajstić information content (AvgIpc) is 3.32. The number of rotatable bonds is 6. The number of hydrogen-bond acceptors (Lipinski definition) is 7. The molecule has 1 aromatic carbocycles. The molecule has 3 aliphatic rings. The Morgan fingerprint density at radius 2 is 1.87 bits per heavy atom. The number of aromatic nitrogens is 3. The van der Waals surface area contributed by atoms with Crippen LogP contribution in [0.4, 0.5) is 17.3 Å². The third-order valence-corrected chi connectivity index (χ3v) is 8.35. The van der Waals surface area contributed by atoms with Gasteiger partial charge in [-0.05, 0) is 43.9 Å². The van der Waals surface area contributed by atoms with Gasteiger partial charge in [0.25, 0.3) is 5.91 Å². The number of benzene rings is 1. The summed E-state index contributed by atoms with van der Waals surface area (Å²) in [6, 6.07) is 9.08. The number of piperidine rings is 1. The molecule has 0 aliphatic carbocycles. The lowest BCUT2D eigenvalue weighted by Gasteiger charge is -2.35. The molecular formula is C26H33ClN8O2S. The van der Waals surface area contributed by atoms with Crippen molar-refractivity contribution in [1.82, 2.24) is 24.8 Å². The van der Waals surface area contributed by atoms with Crippen LogP contribution in [0.2, 0.25) is 5.02 Å². The van der Waals surface area contributed by atoms with Crippen LogP contribution in [-0.4, -0.2) is 81.7 Å². The van der Waals surface area contributed by atoms with Gasteiger partial charge in [-0.1, -0.05) is 11.6 Å². The summed E-state index contributed by atoms with van der Waals surface area (Å²) in [5, 5.41) is 8.95. The monoisotopic (exact) mass is 556 g/mol. The molecule has 202 valence electrons. The molecule has 2 atom stereocenters. The quantitative estimate of drug-likeness (QED) is 0.481. The maximum absolute atomic E-state index is 13.9. The second-order valence-electron chi connectivity index (χ2n) is 10.1. The van der Waals surface area contributed by atoms with Gasteiger partial charge in [0.05, 0.1) is 23.0 Å². The van der Waals surface area contributed by atoms with Crippen LogP contribution in [0.5, 0.6) is 0 Å². The standard InChI is InChI=1S/C26H33ClN8O2S/c1-38(37)31-20-7-6-18(27)15-19(20)26(36)34-12-3-2-5-22(34)21-16-24-29-23(32-10-4-11-32)17-25(35(24)30-21)33-13-8-28-9-14-33/h6-7,15-17,22,28,31H,2-5,8-14H2,1H3. The van der Waals surface area contributed by atoms with E-state index in [4.69, 9.17) is 21.7 Å². The van der Waals surface area contributed by atoms with Crippen LogP contribution in [-0.2, 0) is 11.0 Å². The highest BCUT2D eigenvalue weighted by Crippen LogP contribution is 2.35. The number of carbonyl (C=O) groups excluding carboxylic acids is 1. The zero-order valence-electron chi connectivity index (χ0n) is 21.5. The Morgan fingerprint density at radius 3 is 2.61 bits per heavy atom. The Bertz CT molecular complexity index is 1370. The van der Waals surface area contributed by atoms with E-state index in [9.17, 15) is 9.00 Å². The number of fused-ring (bicyclic) bond motifs is 1. The van der Waals surface area contributed by atoms with Gasteiger partial charge in [0, 0.05) is 69.2 Å². The molecule has 3 aliphatic heterocycles. The first-order valence-corrected chi connectivity index (χ1v) is 15.2. The smallest absolute Gasteiger partial charge is 0.256 e. The molecule has 0 radical (unpaired) electrons. The van der Waals surface area contributed by atoms with Gasteiger partial charge in [0.1, 0.15) is 22.6 Å². The first kappa shape index (κ1) is 25.4. The van der Waals surface area contributed by atoms with Crippen molar-refractivity contribution in [3.05, 3.63) is 46.6 Å². The normalized spacial score (nSPS) is 20.9. The summed E-state index contributed by atoms with van der Waals surface area (Å²) in [5.74, 6) is 1.89. The fraction of sp³-hybridized carbons (Fsp3) is 0.500. The summed E-state index contributed by atoms with van der Waals surface area (Å²) in [5.41, 5.74) is 2.59. The van der Waals surface area contributed by atoms with Crippen LogP contribution < -0.4 is 19.8 Å². The van der Waals surface area contributed by atoms with Crippen LogP contribution in [0.15, 0.2) is 30.3 Å². The molecule has 12 heteroatoms. The second-order valence-corrected chi connectivity index (χ2v) is 11.7. The van der Waals surface area contributed by atoms with E-state index in [0.717, 1.165) is 81.5 Å². The highest BCUT2D eigenvalue weighted by Gasteiger charge is 2.33. The van der Waals surface area contributed by atoms with Gasteiger partial charge in [-0.15, -0.1) is 0 Å². The Morgan fingerprint density at radius 1 is 1.05 bits per heavy atom. The molecule has 10 nitrogen and oxygen atoms in total. The molecule has 3 saturated heterocycles. The number of hydrogen-bond donors (Lipinski definition) is 2. The number of amides is 1. The predicted octanol–water partition coefficient (Wildman–Crippen LogP) is 3.08. The van der Waals surface area contributed by atoms with Gasteiger partial charge in [0.2, 0.25) is 0 Å².